The van der Waals surface area contributed by atoms with Crippen molar-refractivity contribution in [1.82, 2.24) is 9.76 Å². The molecule has 98 valence electrons. The number of benzene rings is 1. The van der Waals surface area contributed by atoms with E-state index in [4.69, 9.17) is 0 Å². The average Bonchev–Trinajstić information content (AvgIpc) is 2.44. The second-order valence-electron chi connectivity index (χ2n) is 5.46. The van der Waals surface area contributed by atoms with Crippen LogP contribution in [-0.2, 0) is 0 Å². The molecular formula is C14H21N2OP. The summed E-state index contributed by atoms with van der Waals surface area (Å²) in [7, 11) is -0.532. The minimum absolute atomic E-state index is 0.492. The van der Waals surface area contributed by atoms with Gasteiger partial charge in [0, 0.05) is 13.6 Å². The van der Waals surface area contributed by atoms with Gasteiger partial charge in [-0.15, -0.1) is 0 Å². The van der Waals surface area contributed by atoms with Crippen molar-refractivity contribution < 1.29 is 4.89 Å². The number of rotatable bonds is 1. The van der Waals surface area contributed by atoms with E-state index in [1.165, 1.54) is 25.7 Å². The molecule has 3 atom stereocenters. The summed E-state index contributed by atoms with van der Waals surface area (Å²) >= 11 is 0. The lowest BCUT2D eigenvalue weighted by Gasteiger charge is -2.50. The normalized spacial score (nSPS) is 37.2. The van der Waals surface area contributed by atoms with Gasteiger partial charge in [-0.2, -0.15) is 9.76 Å². The highest BCUT2D eigenvalue weighted by atomic mass is 31.2. The molecule has 1 saturated heterocycles. The average molecular weight is 264 g/mol. The molecule has 1 aromatic rings. The summed E-state index contributed by atoms with van der Waals surface area (Å²) < 4.78 is 2.13. The predicted octanol–water partition coefficient (Wildman–Crippen LogP) is 1.53. The zero-order chi connectivity index (χ0) is 12.6. The molecule has 0 amide bonds. The third-order valence-corrected chi connectivity index (χ3v) is 7.26. The molecule has 1 aromatic carbocycles. The Kier molecular flexibility index (Phi) is 3.42. The fourth-order valence-corrected chi connectivity index (χ4v) is 5.93. The van der Waals surface area contributed by atoms with Gasteiger partial charge in [-0.25, -0.2) is 0 Å². The molecule has 1 N–H and O–H groups in total. The fraction of sp³-hybridized carbons (Fsp3) is 0.571. The van der Waals surface area contributed by atoms with Gasteiger partial charge < -0.3 is 4.89 Å². The van der Waals surface area contributed by atoms with Crippen LogP contribution in [0.5, 0.6) is 0 Å². The molecule has 1 aliphatic carbocycles. The standard InChI is InChI=1S/C14H21N2OP/c1-16-14-10-6-5-7-12(14)11-15-18(16,17)13-8-3-2-4-9-13/h2-4,8-9,12,14H,5-7,10-11H2,1H3,(H,15,17)/t12-,14+,18?/m1/s1. The highest BCUT2D eigenvalue weighted by Gasteiger charge is 2.47. The summed E-state index contributed by atoms with van der Waals surface area (Å²) in [5.74, 6) is 0.675. The zero-order valence-electron chi connectivity index (χ0n) is 10.9. The lowest BCUT2D eigenvalue weighted by molar-refractivity contribution is -0.186. The Hall–Kier alpha value is -0.470. The first-order valence-electron chi connectivity index (χ1n) is 6.86. The number of nitrogens with one attached hydrogen (secondary N) is 1. The van der Waals surface area contributed by atoms with Crippen molar-refractivity contribution in [1.29, 1.82) is 0 Å². The van der Waals surface area contributed by atoms with Gasteiger partial charge in [0.25, 0.3) is 0 Å². The van der Waals surface area contributed by atoms with Crippen molar-refractivity contribution in [2.75, 3.05) is 13.6 Å². The molecule has 0 radical (unpaired) electrons. The monoisotopic (exact) mass is 264 g/mol. The van der Waals surface area contributed by atoms with Gasteiger partial charge in [-0.05, 0) is 30.9 Å². The van der Waals surface area contributed by atoms with Crippen molar-refractivity contribution >= 4 is 13.1 Å². The lowest BCUT2D eigenvalue weighted by atomic mass is 9.84. The van der Waals surface area contributed by atoms with Crippen LogP contribution in [0.1, 0.15) is 25.7 Å². The van der Waals surface area contributed by atoms with E-state index >= 15 is 0 Å². The van der Waals surface area contributed by atoms with Crippen LogP contribution >= 0.6 is 7.79 Å². The molecule has 3 nitrogen and oxygen atoms in total. The first kappa shape index (κ1) is 12.6. The van der Waals surface area contributed by atoms with Crippen LogP contribution < -0.4 is 15.3 Å². The maximum atomic E-state index is 13.2. The van der Waals surface area contributed by atoms with Crippen LogP contribution in [0.4, 0.5) is 0 Å². The Labute approximate surface area is 110 Å². The first-order chi connectivity index (χ1) is 8.72. The second kappa shape index (κ2) is 4.90. The van der Waals surface area contributed by atoms with E-state index in [1.807, 2.05) is 37.4 Å². The summed E-state index contributed by atoms with van der Waals surface area (Å²) in [5.41, 5.74) is 0. The number of fused-ring (bicyclic) bond motifs is 1. The Morgan fingerprint density at radius 1 is 1.22 bits per heavy atom. The minimum Gasteiger partial charge on any atom is -0.647 e. The predicted molar refractivity (Wildman–Crippen MR) is 74.5 cm³/mol. The smallest absolute Gasteiger partial charge is 0.138 e. The van der Waals surface area contributed by atoms with Gasteiger partial charge in [0.1, 0.15) is 13.1 Å². The number of nitrogens with zero attached hydrogens (tertiary/aromatic N) is 1. The Morgan fingerprint density at radius 2 is 1.94 bits per heavy atom. The van der Waals surface area contributed by atoms with Gasteiger partial charge in [-0.3, -0.25) is 0 Å². The molecule has 2 aliphatic rings. The van der Waals surface area contributed by atoms with Crippen LogP contribution in [0.25, 0.3) is 0 Å². The van der Waals surface area contributed by atoms with E-state index in [0.29, 0.717) is 12.0 Å². The molecule has 3 rings (SSSR count). The third-order valence-electron chi connectivity index (χ3n) is 4.47. The van der Waals surface area contributed by atoms with E-state index < -0.39 is 7.79 Å². The Morgan fingerprint density at radius 3 is 2.72 bits per heavy atom. The largest absolute Gasteiger partial charge is 0.647 e. The molecular weight excluding hydrogens is 243 g/mol. The number of hydrogen-bond acceptors (Lipinski definition) is 3. The number of hydrogen-bond donors (Lipinski definition) is 1. The van der Waals surface area contributed by atoms with E-state index in [2.05, 4.69) is 9.76 Å². The van der Waals surface area contributed by atoms with Crippen molar-refractivity contribution in [3.63, 3.8) is 0 Å². The van der Waals surface area contributed by atoms with E-state index in [9.17, 15) is 4.89 Å². The molecule has 0 aromatic heterocycles. The topological polar surface area (TPSA) is 38.3 Å². The lowest BCUT2D eigenvalue weighted by Crippen LogP contribution is -2.57. The van der Waals surface area contributed by atoms with E-state index in [-0.39, 0.29) is 0 Å². The molecule has 0 bridgehead atoms. The van der Waals surface area contributed by atoms with E-state index in [0.717, 1.165) is 11.8 Å². The second-order valence-corrected chi connectivity index (χ2v) is 8.07. The summed E-state index contributed by atoms with van der Waals surface area (Å²) in [5, 5.41) is 4.28. The van der Waals surface area contributed by atoms with Crippen LogP contribution in [-0.4, -0.2) is 24.3 Å². The molecule has 1 aliphatic heterocycles. The van der Waals surface area contributed by atoms with Gasteiger partial charge >= 0.3 is 0 Å². The molecule has 4 heteroatoms. The van der Waals surface area contributed by atoms with Crippen molar-refractivity contribution in [2.24, 2.45) is 5.92 Å². The van der Waals surface area contributed by atoms with Gasteiger partial charge in [0.2, 0.25) is 0 Å². The minimum atomic E-state index is -2.56. The summed E-state index contributed by atoms with van der Waals surface area (Å²) in [6, 6.07) is 10.4. The quantitative estimate of drug-likeness (QED) is 0.782. The third kappa shape index (κ3) is 2.00. The Balaban J connectivity index is 1.89. The molecule has 2 fully saturated rings. The summed E-state index contributed by atoms with van der Waals surface area (Å²) in [6.45, 7) is 0.904. The molecule has 0 spiro atoms. The van der Waals surface area contributed by atoms with Crippen LogP contribution in [0.15, 0.2) is 30.3 Å². The van der Waals surface area contributed by atoms with Crippen LogP contribution in [0.3, 0.4) is 0 Å². The highest BCUT2D eigenvalue weighted by Crippen LogP contribution is 2.54. The maximum Gasteiger partial charge on any atom is 0.138 e. The van der Waals surface area contributed by atoms with Gasteiger partial charge in [0.15, 0.2) is 0 Å². The Bertz CT molecular complexity index is 414. The van der Waals surface area contributed by atoms with Crippen molar-refractivity contribution in [3.05, 3.63) is 30.3 Å². The highest BCUT2D eigenvalue weighted by molar-refractivity contribution is 7.72. The molecule has 1 unspecified atom stereocenters. The van der Waals surface area contributed by atoms with Crippen molar-refractivity contribution in [2.45, 2.75) is 31.7 Å². The van der Waals surface area contributed by atoms with Crippen LogP contribution in [0.2, 0.25) is 0 Å². The SMILES string of the molecule is CN1[C@H]2CCCC[C@@H]2CN[P+]1([O-])c1ccccc1. The van der Waals surface area contributed by atoms with Crippen LogP contribution in [0, 0.1) is 5.92 Å². The maximum absolute atomic E-state index is 13.2. The molecule has 18 heavy (non-hydrogen) atoms. The van der Waals surface area contributed by atoms with Gasteiger partial charge in [-0.1, -0.05) is 31.0 Å². The van der Waals surface area contributed by atoms with E-state index in [1.54, 1.807) is 0 Å². The first-order valence-corrected chi connectivity index (χ1v) is 8.52. The molecule has 1 heterocycles. The fourth-order valence-electron chi connectivity index (χ4n) is 3.38. The van der Waals surface area contributed by atoms with Crippen molar-refractivity contribution in [3.8, 4) is 0 Å². The molecule has 1 saturated carbocycles. The zero-order valence-corrected chi connectivity index (χ0v) is 11.8. The van der Waals surface area contributed by atoms with Gasteiger partial charge in [0.05, 0.1) is 6.04 Å². The summed E-state index contributed by atoms with van der Waals surface area (Å²) in [4.78, 5) is 13.2. The summed E-state index contributed by atoms with van der Waals surface area (Å²) in [6.07, 6.45) is 5.07.